The number of hydrogen-bond donors (Lipinski definition) is 3. The lowest BCUT2D eigenvalue weighted by Crippen LogP contribution is -2.47. The van der Waals surface area contributed by atoms with Crippen LogP contribution in [-0.4, -0.2) is 54.0 Å². The number of anilines is 3. The minimum absolute atomic E-state index is 0.0236. The lowest BCUT2D eigenvalue weighted by molar-refractivity contribution is 0.136. The highest BCUT2D eigenvalue weighted by Gasteiger charge is 2.40. The molecule has 156 valence electrons. The van der Waals surface area contributed by atoms with Gasteiger partial charge in [0.15, 0.2) is 5.13 Å². The predicted molar refractivity (Wildman–Crippen MR) is 115 cm³/mol. The molecule has 3 aromatic heterocycles. The third-order valence-corrected chi connectivity index (χ3v) is 6.93. The predicted octanol–water partition coefficient (Wildman–Crippen LogP) is 2.74. The molecular formula is C20H24N8OS. The first-order chi connectivity index (χ1) is 14.7. The average molecular weight is 425 g/mol. The van der Waals surface area contributed by atoms with E-state index in [-0.39, 0.29) is 6.61 Å². The van der Waals surface area contributed by atoms with E-state index in [1.54, 1.807) is 12.4 Å². The molecule has 0 spiro atoms. The van der Waals surface area contributed by atoms with Crippen molar-refractivity contribution in [3.63, 3.8) is 0 Å². The third kappa shape index (κ3) is 3.71. The summed E-state index contributed by atoms with van der Waals surface area (Å²) in [5.74, 6) is 1.44. The number of aliphatic hydroxyl groups excluding tert-OH is 1. The summed E-state index contributed by atoms with van der Waals surface area (Å²) in [5.41, 5.74) is 0.809. The van der Waals surface area contributed by atoms with Gasteiger partial charge in [-0.15, -0.1) is 0 Å². The van der Waals surface area contributed by atoms with Crippen LogP contribution in [0.2, 0.25) is 0 Å². The summed E-state index contributed by atoms with van der Waals surface area (Å²) >= 11 is 1.40. The lowest BCUT2D eigenvalue weighted by Gasteiger charge is -2.39. The molecule has 2 aliphatic heterocycles. The van der Waals surface area contributed by atoms with Gasteiger partial charge in [0.25, 0.3) is 0 Å². The molecule has 5 rings (SSSR count). The zero-order chi connectivity index (χ0) is 20.5. The Morgan fingerprint density at radius 2 is 2.10 bits per heavy atom. The van der Waals surface area contributed by atoms with Crippen molar-refractivity contribution in [3.05, 3.63) is 29.5 Å². The quantitative estimate of drug-likeness (QED) is 0.530. The molecule has 2 unspecified atom stereocenters. The highest BCUT2D eigenvalue weighted by molar-refractivity contribution is 7.15. The van der Waals surface area contributed by atoms with Crippen LogP contribution in [-0.2, 0) is 6.61 Å². The SMILES string of the molecule is N#CCCN1C2CC[C@H]1CC(Nc1cc3nccn3c(Nc3ncc(CO)s3)n1)C2. The fourth-order valence-electron chi connectivity index (χ4n) is 4.76. The van der Waals surface area contributed by atoms with Crippen molar-refractivity contribution in [2.24, 2.45) is 0 Å². The van der Waals surface area contributed by atoms with Crippen LogP contribution in [0.5, 0.6) is 0 Å². The normalized spacial score (nSPS) is 23.5. The van der Waals surface area contributed by atoms with Gasteiger partial charge in [-0.1, -0.05) is 11.3 Å². The van der Waals surface area contributed by atoms with E-state index in [1.165, 1.54) is 24.2 Å². The summed E-state index contributed by atoms with van der Waals surface area (Å²) in [4.78, 5) is 16.8. The second kappa shape index (κ2) is 8.18. The number of rotatable bonds is 7. The Balaban J connectivity index is 1.33. The van der Waals surface area contributed by atoms with Crippen LogP contribution >= 0.6 is 11.3 Å². The summed E-state index contributed by atoms with van der Waals surface area (Å²) < 4.78 is 1.89. The Morgan fingerprint density at radius 3 is 2.83 bits per heavy atom. The molecule has 0 amide bonds. The van der Waals surface area contributed by atoms with E-state index >= 15 is 0 Å². The van der Waals surface area contributed by atoms with Crippen molar-refractivity contribution in [3.8, 4) is 6.07 Å². The van der Waals surface area contributed by atoms with Crippen molar-refractivity contribution in [2.45, 2.75) is 56.8 Å². The summed E-state index contributed by atoms with van der Waals surface area (Å²) in [6.45, 7) is 0.860. The molecule has 9 nitrogen and oxygen atoms in total. The smallest absolute Gasteiger partial charge is 0.216 e. The second-order valence-corrected chi connectivity index (χ2v) is 8.99. The van der Waals surface area contributed by atoms with Gasteiger partial charge in [0.1, 0.15) is 11.5 Å². The lowest BCUT2D eigenvalue weighted by atomic mass is 9.97. The average Bonchev–Trinajstić information content (AvgIpc) is 3.45. The topological polar surface area (TPSA) is 114 Å². The first-order valence-electron chi connectivity index (χ1n) is 10.3. The van der Waals surface area contributed by atoms with E-state index in [0.717, 1.165) is 35.7 Å². The highest BCUT2D eigenvalue weighted by atomic mass is 32.1. The molecule has 10 heteroatoms. The number of fused-ring (bicyclic) bond motifs is 3. The maximum Gasteiger partial charge on any atom is 0.216 e. The Hall–Kier alpha value is -2.74. The van der Waals surface area contributed by atoms with E-state index in [4.69, 9.17) is 10.2 Å². The summed E-state index contributed by atoms with van der Waals surface area (Å²) in [5, 5.41) is 25.8. The van der Waals surface area contributed by atoms with Gasteiger partial charge in [-0.25, -0.2) is 9.97 Å². The fourth-order valence-corrected chi connectivity index (χ4v) is 5.43. The van der Waals surface area contributed by atoms with Crippen molar-refractivity contribution in [1.29, 1.82) is 5.26 Å². The Kier molecular flexibility index (Phi) is 5.25. The van der Waals surface area contributed by atoms with E-state index < -0.39 is 0 Å². The van der Waals surface area contributed by atoms with Gasteiger partial charge in [0.2, 0.25) is 5.95 Å². The van der Waals surface area contributed by atoms with Crippen LogP contribution in [0, 0.1) is 11.3 Å². The van der Waals surface area contributed by atoms with Gasteiger partial charge in [-0.3, -0.25) is 9.30 Å². The van der Waals surface area contributed by atoms with Crippen LogP contribution in [0.25, 0.3) is 5.65 Å². The largest absolute Gasteiger partial charge is 0.391 e. The molecule has 3 aromatic rings. The highest BCUT2D eigenvalue weighted by Crippen LogP contribution is 2.37. The van der Waals surface area contributed by atoms with E-state index in [9.17, 15) is 5.11 Å². The number of nitrogens with one attached hydrogen (secondary N) is 2. The minimum atomic E-state index is -0.0236. The monoisotopic (exact) mass is 424 g/mol. The molecule has 2 bridgehead atoms. The van der Waals surface area contributed by atoms with Crippen LogP contribution < -0.4 is 10.6 Å². The van der Waals surface area contributed by atoms with Gasteiger partial charge in [-0.05, 0) is 25.7 Å². The van der Waals surface area contributed by atoms with Crippen LogP contribution in [0.4, 0.5) is 16.9 Å². The van der Waals surface area contributed by atoms with Gasteiger partial charge in [-0.2, -0.15) is 10.2 Å². The zero-order valence-electron chi connectivity index (χ0n) is 16.5. The summed E-state index contributed by atoms with van der Waals surface area (Å²) in [6, 6.07) is 5.71. The third-order valence-electron chi connectivity index (χ3n) is 6.04. The molecule has 0 aliphatic carbocycles. The van der Waals surface area contributed by atoms with Gasteiger partial charge in [0, 0.05) is 55.7 Å². The van der Waals surface area contributed by atoms with Crippen LogP contribution in [0.1, 0.15) is 37.0 Å². The Labute approximate surface area is 178 Å². The number of hydrogen-bond acceptors (Lipinski definition) is 9. The van der Waals surface area contributed by atoms with E-state index in [2.05, 4.69) is 31.6 Å². The van der Waals surface area contributed by atoms with Crippen molar-refractivity contribution in [1.82, 2.24) is 24.3 Å². The maximum atomic E-state index is 9.28. The molecule has 0 radical (unpaired) electrons. The summed E-state index contributed by atoms with van der Waals surface area (Å²) in [6.07, 6.45) is 10.4. The van der Waals surface area contributed by atoms with Crippen molar-refractivity contribution >= 4 is 33.9 Å². The van der Waals surface area contributed by atoms with E-state index in [0.29, 0.717) is 35.6 Å². The second-order valence-electron chi connectivity index (χ2n) is 7.88. The molecule has 0 aromatic carbocycles. The minimum Gasteiger partial charge on any atom is -0.391 e. The number of nitriles is 1. The van der Waals surface area contributed by atoms with Crippen LogP contribution in [0.15, 0.2) is 24.7 Å². The van der Waals surface area contributed by atoms with Crippen LogP contribution in [0.3, 0.4) is 0 Å². The number of piperidine rings is 1. The molecular weight excluding hydrogens is 400 g/mol. The zero-order valence-corrected chi connectivity index (χ0v) is 17.3. The molecule has 2 saturated heterocycles. The number of imidazole rings is 1. The molecule has 30 heavy (non-hydrogen) atoms. The molecule has 2 aliphatic rings. The van der Waals surface area contributed by atoms with Gasteiger partial charge < -0.3 is 15.7 Å². The molecule has 2 fully saturated rings. The van der Waals surface area contributed by atoms with Crippen molar-refractivity contribution < 1.29 is 5.11 Å². The Morgan fingerprint density at radius 1 is 1.27 bits per heavy atom. The standard InChI is InChI=1S/C20H24N8OS/c21-4-1-6-27-14-2-3-15(27)9-13(8-14)24-17-10-18-22-5-7-28(18)19(25-17)26-20-23-11-16(12-29)30-20/h5,7,10-11,13-15,24,29H,1-3,6,8-9,12H2,(H,23,25,26)/t13?,14-,15?/m0/s1. The number of nitrogens with zero attached hydrogens (tertiary/aromatic N) is 6. The first kappa shape index (κ1) is 19.2. The van der Waals surface area contributed by atoms with Gasteiger partial charge >= 0.3 is 0 Å². The number of aromatic nitrogens is 4. The molecule has 5 heterocycles. The number of aliphatic hydroxyl groups is 1. The maximum absolute atomic E-state index is 9.28. The first-order valence-corrected chi connectivity index (χ1v) is 11.1. The Bertz CT molecular complexity index is 1060. The van der Waals surface area contributed by atoms with Crippen molar-refractivity contribution in [2.75, 3.05) is 17.2 Å². The molecule has 3 N–H and O–H groups in total. The molecule has 0 saturated carbocycles. The van der Waals surface area contributed by atoms with E-state index in [1.807, 2.05) is 16.7 Å². The number of thiazole rings is 1. The van der Waals surface area contributed by atoms with Gasteiger partial charge in [0.05, 0.1) is 17.6 Å². The fraction of sp³-hybridized carbons (Fsp3) is 0.500. The summed E-state index contributed by atoms with van der Waals surface area (Å²) in [7, 11) is 0. The molecule has 3 atom stereocenters.